The number of benzene rings is 9. The second kappa shape index (κ2) is 13.4. The Balaban J connectivity index is 1.39. The molecule has 0 aliphatic rings. The van der Waals surface area contributed by atoms with Crippen LogP contribution in [0.25, 0.3) is 87.2 Å². The maximum Gasteiger partial charge on any atom is -0.00200 e. The zero-order valence-corrected chi connectivity index (χ0v) is 31.5. The quantitative estimate of drug-likeness (QED) is 0.116. The van der Waals surface area contributed by atoms with Crippen LogP contribution in [-0.2, 0) is 6.42 Å². The number of aryl methyl sites for hydroxylation is 1. The Morgan fingerprint density at radius 1 is 0.377 bits per heavy atom. The summed E-state index contributed by atoms with van der Waals surface area (Å²) in [7, 11) is 0. The molecule has 0 nitrogen and oxygen atoms in total. The fraction of sp³-hybridized carbons (Fsp3) is 0.170. The van der Waals surface area contributed by atoms with Crippen LogP contribution in [-0.4, -0.2) is 0 Å². The van der Waals surface area contributed by atoms with Gasteiger partial charge in [0.15, 0.2) is 0 Å². The molecule has 0 saturated heterocycles. The lowest BCUT2D eigenvalue weighted by Crippen LogP contribution is -1.96. The van der Waals surface area contributed by atoms with Gasteiger partial charge in [-0.05, 0) is 128 Å². The van der Waals surface area contributed by atoms with Crippen molar-refractivity contribution in [1.82, 2.24) is 0 Å². The van der Waals surface area contributed by atoms with Gasteiger partial charge >= 0.3 is 0 Å². The van der Waals surface area contributed by atoms with Crippen molar-refractivity contribution in [1.29, 1.82) is 0 Å². The molecule has 0 radical (unpaired) electrons. The van der Waals surface area contributed by atoms with Crippen LogP contribution in [0, 0.1) is 0 Å². The predicted octanol–water partition coefficient (Wildman–Crippen LogP) is 15.7. The van der Waals surface area contributed by atoms with Crippen LogP contribution >= 0.6 is 0 Å². The lowest BCUT2D eigenvalue weighted by molar-refractivity contribution is 0.868. The summed E-state index contributed by atoms with van der Waals surface area (Å²) in [6, 6.07) is 57.8. The zero-order valence-electron chi connectivity index (χ0n) is 31.5. The molecule has 0 amide bonds. The van der Waals surface area contributed by atoms with Gasteiger partial charge < -0.3 is 0 Å². The molecule has 0 heterocycles. The van der Waals surface area contributed by atoms with E-state index < -0.39 is 0 Å². The van der Waals surface area contributed by atoms with E-state index in [2.05, 4.69) is 186 Å². The van der Waals surface area contributed by atoms with Gasteiger partial charge in [0.2, 0.25) is 0 Å². The van der Waals surface area contributed by atoms with Gasteiger partial charge in [-0.3, -0.25) is 0 Å². The lowest BCUT2D eigenvalue weighted by Gasteiger charge is -2.22. The molecule has 0 aliphatic carbocycles. The zero-order chi connectivity index (χ0) is 36.2. The van der Waals surface area contributed by atoms with Crippen LogP contribution in [0.3, 0.4) is 0 Å². The van der Waals surface area contributed by atoms with Crippen molar-refractivity contribution in [2.45, 2.75) is 59.3 Å². The molecule has 9 rings (SSSR count). The first-order chi connectivity index (χ1) is 25.9. The van der Waals surface area contributed by atoms with Gasteiger partial charge in [-0.2, -0.15) is 0 Å². The Hall–Kier alpha value is -5.72. The van der Waals surface area contributed by atoms with Crippen molar-refractivity contribution < 1.29 is 0 Å². The van der Waals surface area contributed by atoms with Gasteiger partial charge in [0, 0.05) is 0 Å². The number of hydrogen-bond acceptors (Lipinski definition) is 0. The predicted molar refractivity (Wildman–Crippen MR) is 232 cm³/mol. The van der Waals surface area contributed by atoms with Crippen LogP contribution in [0.1, 0.15) is 69.6 Å². The van der Waals surface area contributed by atoms with E-state index in [4.69, 9.17) is 0 Å². The number of fused-ring (bicyclic) bond motifs is 6. The molecule has 0 saturated carbocycles. The maximum atomic E-state index is 2.49. The fourth-order valence-electron chi connectivity index (χ4n) is 8.74. The van der Waals surface area contributed by atoms with Crippen molar-refractivity contribution in [2.24, 2.45) is 0 Å². The van der Waals surface area contributed by atoms with E-state index in [-0.39, 0.29) is 0 Å². The van der Waals surface area contributed by atoms with Gasteiger partial charge in [0.1, 0.15) is 0 Å². The van der Waals surface area contributed by atoms with E-state index in [0.717, 1.165) is 12.8 Å². The Kier molecular flexibility index (Phi) is 8.35. The second-order valence-electron chi connectivity index (χ2n) is 15.5. The number of rotatable bonds is 7. The van der Waals surface area contributed by atoms with Crippen LogP contribution in [0.4, 0.5) is 0 Å². The normalized spacial score (nSPS) is 12.0. The first-order valence-electron chi connectivity index (χ1n) is 19.5. The Labute approximate surface area is 313 Å². The molecule has 9 aromatic rings. The molecule has 0 atom stereocenters. The molecule has 0 N–H and O–H groups in total. The van der Waals surface area contributed by atoms with E-state index in [1.807, 2.05) is 0 Å². The molecule has 0 unspecified atom stereocenters. The van der Waals surface area contributed by atoms with Crippen LogP contribution in [0.5, 0.6) is 0 Å². The van der Waals surface area contributed by atoms with E-state index in [0.29, 0.717) is 11.8 Å². The van der Waals surface area contributed by atoms with Gasteiger partial charge in [-0.25, -0.2) is 0 Å². The van der Waals surface area contributed by atoms with Crippen molar-refractivity contribution in [2.75, 3.05) is 0 Å². The molecular weight excluding hydrogens is 637 g/mol. The molecule has 0 heteroatoms. The molecule has 0 fully saturated rings. The Bertz CT molecular complexity index is 2830. The summed E-state index contributed by atoms with van der Waals surface area (Å²) in [5, 5.41) is 13.0. The lowest BCUT2D eigenvalue weighted by atomic mass is 9.81. The monoisotopic (exact) mass is 682 g/mol. The van der Waals surface area contributed by atoms with Crippen molar-refractivity contribution in [3.63, 3.8) is 0 Å². The highest BCUT2D eigenvalue weighted by molar-refractivity contribution is 6.25. The van der Waals surface area contributed by atoms with Crippen molar-refractivity contribution in [3.05, 3.63) is 168 Å². The molecular formula is C53H46. The highest BCUT2D eigenvalue weighted by atomic mass is 14.2. The van der Waals surface area contributed by atoms with Crippen molar-refractivity contribution >= 4 is 53.9 Å². The van der Waals surface area contributed by atoms with Crippen LogP contribution < -0.4 is 0 Å². The summed E-state index contributed by atoms with van der Waals surface area (Å²) < 4.78 is 0. The average Bonchev–Trinajstić information content (AvgIpc) is 3.19. The summed E-state index contributed by atoms with van der Waals surface area (Å²) in [6.07, 6.45) is 2.26. The largest absolute Gasteiger partial charge is 0.0651 e. The van der Waals surface area contributed by atoms with Gasteiger partial charge in [0.05, 0.1) is 0 Å². The third kappa shape index (κ3) is 5.60. The molecule has 9 aromatic carbocycles. The Morgan fingerprint density at radius 2 is 0.887 bits per heavy atom. The summed E-state index contributed by atoms with van der Waals surface area (Å²) >= 11 is 0. The highest BCUT2D eigenvalue weighted by Gasteiger charge is 2.21. The molecule has 0 spiro atoms. The summed E-state index contributed by atoms with van der Waals surface area (Å²) in [6.45, 7) is 11.5. The molecule has 53 heavy (non-hydrogen) atoms. The van der Waals surface area contributed by atoms with E-state index in [9.17, 15) is 0 Å². The summed E-state index contributed by atoms with van der Waals surface area (Å²) in [5.41, 5.74) is 11.9. The van der Waals surface area contributed by atoms with Gasteiger partial charge in [0.25, 0.3) is 0 Å². The third-order valence-corrected chi connectivity index (χ3v) is 11.5. The Morgan fingerprint density at radius 3 is 1.51 bits per heavy atom. The van der Waals surface area contributed by atoms with E-state index in [1.165, 1.54) is 104 Å². The van der Waals surface area contributed by atoms with E-state index >= 15 is 0 Å². The SMILES string of the molecule is CCCc1ccc(-c2c3cc(C(C)C)ccc3c(-c3ccc(-c4cc5ccccc5c5ccccc45)c4ccccc34)c3cc(C(C)C)ccc23)cc1. The molecule has 258 valence electrons. The minimum absolute atomic E-state index is 0.420. The standard InChI is InChI=1S/C53H46/c1-6-13-35-20-22-36(23-21-35)52-47-26-24-38(34(4)5)31-51(47)53(48-27-25-37(33(2)3)30-50(48)52)46-29-28-45(42-17-10-11-18-43(42)46)49-32-39-14-7-8-15-40(39)41-16-9-12-19-44(41)49/h7-12,14-34H,6,13H2,1-5H3. The minimum atomic E-state index is 0.420. The van der Waals surface area contributed by atoms with Crippen LogP contribution in [0.2, 0.25) is 0 Å². The van der Waals surface area contributed by atoms with Gasteiger partial charge in [-0.1, -0.05) is 187 Å². The maximum absolute atomic E-state index is 2.49. The first-order valence-corrected chi connectivity index (χ1v) is 19.5. The van der Waals surface area contributed by atoms with Crippen molar-refractivity contribution in [3.8, 4) is 33.4 Å². The van der Waals surface area contributed by atoms with Gasteiger partial charge in [-0.15, -0.1) is 0 Å². The van der Waals surface area contributed by atoms with E-state index in [1.54, 1.807) is 0 Å². The first kappa shape index (κ1) is 33.1. The van der Waals surface area contributed by atoms with Crippen LogP contribution in [0.15, 0.2) is 152 Å². The molecule has 0 bridgehead atoms. The third-order valence-electron chi connectivity index (χ3n) is 11.5. The highest BCUT2D eigenvalue weighted by Crippen LogP contribution is 2.48. The smallest absolute Gasteiger partial charge is 0.00200 e. The average molecular weight is 683 g/mol. The second-order valence-corrected chi connectivity index (χ2v) is 15.5. The summed E-state index contributed by atoms with van der Waals surface area (Å²) in [5.74, 6) is 0.849. The summed E-state index contributed by atoms with van der Waals surface area (Å²) in [4.78, 5) is 0. The topological polar surface area (TPSA) is 0 Å². The fourth-order valence-corrected chi connectivity index (χ4v) is 8.74. The molecule has 0 aromatic heterocycles. The minimum Gasteiger partial charge on any atom is -0.0651 e. The number of hydrogen-bond donors (Lipinski definition) is 0. The molecule has 0 aliphatic heterocycles.